The molecule has 37 heavy (non-hydrogen) atoms. The van der Waals surface area contributed by atoms with Gasteiger partial charge in [0.25, 0.3) is 0 Å². The van der Waals surface area contributed by atoms with Crippen LogP contribution < -0.4 is 0 Å². The highest BCUT2D eigenvalue weighted by molar-refractivity contribution is 7.25. The molecule has 176 valence electrons. The topological polar surface area (TPSA) is 0 Å². The lowest BCUT2D eigenvalue weighted by Gasteiger charge is -2.18. The molecule has 0 N–H and O–H groups in total. The number of hydrogen-bond donors (Lipinski definition) is 0. The van der Waals surface area contributed by atoms with E-state index >= 15 is 0 Å². The summed E-state index contributed by atoms with van der Waals surface area (Å²) >= 11 is 1.88. The SMILES string of the molecule is C=C(CC)c1ccc(-c2c3ccccc3c(-c3cccc4sc5ccccc5c34)c3ccccc23)cc1. The van der Waals surface area contributed by atoms with Crippen LogP contribution in [-0.2, 0) is 0 Å². The van der Waals surface area contributed by atoms with Crippen molar-refractivity contribution in [3.05, 3.63) is 127 Å². The lowest BCUT2D eigenvalue weighted by molar-refractivity contribution is 1.25. The van der Waals surface area contributed by atoms with Crippen molar-refractivity contribution in [2.45, 2.75) is 13.3 Å². The van der Waals surface area contributed by atoms with E-state index in [1.54, 1.807) is 0 Å². The van der Waals surface area contributed by atoms with Gasteiger partial charge in [0.1, 0.15) is 0 Å². The molecule has 0 atom stereocenters. The number of thiophene rings is 1. The molecule has 0 nitrogen and oxygen atoms in total. The Kier molecular flexibility index (Phi) is 5.20. The van der Waals surface area contributed by atoms with Crippen LogP contribution in [0.3, 0.4) is 0 Å². The van der Waals surface area contributed by atoms with E-state index in [2.05, 4.69) is 129 Å². The van der Waals surface area contributed by atoms with Crippen LogP contribution in [-0.4, -0.2) is 0 Å². The van der Waals surface area contributed by atoms with Crippen molar-refractivity contribution in [1.82, 2.24) is 0 Å². The van der Waals surface area contributed by atoms with Gasteiger partial charge in [-0.1, -0.05) is 117 Å². The van der Waals surface area contributed by atoms with Crippen molar-refractivity contribution < 1.29 is 0 Å². The number of allylic oxidation sites excluding steroid dienone is 1. The van der Waals surface area contributed by atoms with E-state index in [0.29, 0.717) is 0 Å². The quantitative estimate of drug-likeness (QED) is 0.215. The van der Waals surface area contributed by atoms with E-state index in [-0.39, 0.29) is 0 Å². The first-order valence-corrected chi connectivity index (χ1v) is 13.7. The summed E-state index contributed by atoms with van der Waals surface area (Å²) in [6.07, 6.45) is 0.961. The highest BCUT2D eigenvalue weighted by Crippen LogP contribution is 2.47. The van der Waals surface area contributed by atoms with Crippen molar-refractivity contribution >= 4 is 58.6 Å². The van der Waals surface area contributed by atoms with Crippen LogP contribution in [0.5, 0.6) is 0 Å². The van der Waals surface area contributed by atoms with Gasteiger partial charge in [-0.15, -0.1) is 11.3 Å². The van der Waals surface area contributed by atoms with Crippen LogP contribution in [0, 0.1) is 0 Å². The van der Waals surface area contributed by atoms with Gasteiger partial charge in [-0.25, -0.2) is 0 Å². The van der Waals surface area contributed by atoms with Crippen LogP contribution >= 0.6 is 11.3 Å². The summed E-state index contributed by atoms with van der Waals surface area (Å²) < 4.78 is 2.67. The molecule has 1 aromatic heterocycles. The first-order chi connectivity index (χ1) is 18.2. The average molecular weight is 491 g/mol. The molecule has 1 heterocycles. The van der Waals surface area contributed by atoms with Gasteiger partial charge >= 0.3 is 0 Å². The predicted octanol–water partition coefficient (Wildman–Crippen LogP) is 11.1. The van der Waals surface area contributed by atoms with Crippen LogP contribution in [0.2, 0.25) is 0 Å². The van der Waals surface area contributed by atoms with Gasteiger partial charge in [0.2, 0.25) is 0 Å². The van der Waals surface area contributed by atoms with E-state index in [1.807, 2.05) is 11.3 Å². The third kappa shape index (κ3) is 3.43. The van der Waals surface area contributed by atoms with Crippen LogP contribution in [0.15, 0.2) is 122 Å². The minimum absolute atomic E-state index is 0.961. The third-order valence-corrected chi connectivity index (χ3v) is 8.75. The number of hydrogen-bond acceptors (Lipinski definition) is 1. The molecule has 0 spiro atoms. The first-order valence-electron chi connectivity index (χ1n) is 12.9. The fourth-order valence-corrected chi connectivity index (χ4v) is 6.92. The molecule has 0 radical (unpaired) electrons. The summed E-state index contributed by atoms with van der Waals surface area (Å²) in [6, 6.07) is 42.4. The van der Waals surface area contributed by atoms with E-state index in [4.69, 9.17) is 0 Å². The minimum Gasteiger partial charge on any atom is -0.135 e. The van der Waals surface area contributed by atoms with E-state index in [0.717, 1.165) is 6.42 Å². The van der Waals surface area contributed by atoms with Gasteiger partial charge in [0.15, 0.2) is 0 Å². The van der Waals surface area contributed by atoms with Crippen LogP contribution in [0.4, 0.5) is 0 Å². The Morgan fingerprint density at radius 2 is 1.11 bits per heavy atom. The molecule has 1 heteroatoms. The van der Waals surface area contributed by atoms with Crippen molar-refractivity contribution in [2.24, 2.45) is 0 Å². The molecule has 7 rings (SSSR count). The van der Waals surface area contributed by atoms with E-state index in [1.165, 1.54) is 75.1 Å². The van der Waals surface area contributed by atoms with Gasteiger partial charge < -0.3 is 0 Å². The molecule has 0 aliphatic heterocycles. The van der Waals surface area contributed by atoms with Gasteiger partial charge in [0.05, 0.1) is 0 Å². The minimum atomic E-state index is 0.961. The second kappa shape index (κ2) is 8.73. The van der Waals surface area contributed by atoms with Gasteiger partial charge in [-0.2, -0.15) is 0 Å². The summed E-state index contributed by atoms with van der Waals surface area (Å²) in [7, 11) is 0. The van der Waals surface area contributed by atoms with Gasteiger partial charge in [-0.05, 0) is 73.5 Å². The maximum atomic E-state index is 4.23. The second-order valence-corrected chi connectivity index (χ2v) is 10.7. The summed E-state index contributed by atoms with van der Waals surface area (Å²) in [6.45, 7) is 6.39. The monoisotopic (exact) mass is 490 g/mol. The molecule has 0 saturated heterocycles. The van der Waals surface area contributed by atoms with Crippen LogP contribution in [0.25, 0.3) is 69.5 Å². The fraction of sp³-hybridized carbons (Fsp3) is 0.0556. The maximum absolute atomic E-state index is 4.23. The first kappa shape index (κ1) is 22.0. The highest BCUT2D eigenvalue weighted by Gasteiger charge is 2.19. The normalized spacial score (nSPS) is 11.6. The molecule has 7 aromatic rings. The Balaban J connectivity index is 1.60. The Hall–Kier alpha value is -4.20. The second-order valence-electron chi connectivity index (χ2n) is 9.65. The van der Waals surface area contributed by atoms with Crippen molar-refractivity contribution in [3.63, 3.8) is 0 Å². The molecule has 0 aliphatic rings. The van der Waals surface area contributed by atoms with E-state index < -0.39 is 0 Å². The lowest BCUT2D eigenvalue weighted by Crippen LogP contribution is -1.91. The van der Waals surface area contributed by atoms with Gasteiger partial charge in [-0.3, -0.25) is 0 Å². The number of fused-ring (bicyclic) bond motifs is 5. The van der Waals surface area contributed by atoms with Crippen molar-refractivity contribution in [2.75, 3.05) is 0 Å². The molecule has 0 bridgehead atoms. The largest absolute Gasteiger partial charge is 0.135 e. The Morgan fingerprint density at radius 3 is 1.73 bits per heavy atom. The fourth-order valence-electron chi connectivity index (χ4n) is 5.79. The molecular weight excluding hydrogens is 464 g/mol. The molecule has 0 amide bonds. The average Bonchev–Trinajstić information content (AvgIpc) is 3.35. The van der Waals surface area contributed by atoms with Crippen molar-refractivity contribution in [1.29, 1.82) is 0 Å². The Morgan fingerprint density at radius 1 is 0.568 bits per heavy atom. The summed E-state index contributed by atoms with van der Waals surface area (Å²) in [5.41, 5.74) is 7.56. The Labute approximate surface area is 221 Å². The highest BCUT2D eigenvalue weighted by atomic mass is 32.1. The van der Waals surface area contributed by atoms with E-state index in [9.17, 15) is 0 Å². The zero-order chi connectivity index (χ0) is 24.9. The number of benzene rings is 6. The molecule has 0 fully saturated rings. The van der Waals surface area contributed by atoms with Crippen molar-refractivity contribution in [3.8, 4) is 22.3 Å². The summed E-state index contributed by atoms with van der Waals surface area (Å²) in [5.74, 6) is 0. The Bertz CT molecular complexity index is 1910. The summed E-state index contributed by atoms with van der Waals surface area (Å²) in [5, 5.41) is 7.85. The predicted molar refractivity (Wildman–Crippen MR) is 165 cm³/mol. The standard InChI is InChI=1S/C36H26S/c1-3-23(2)24-19-21-25(22-20-24)34-26-11-4-6-13-28(26)35(29-14-7-5-12-27(29)34)31-16-10-18-33-36(31)30-15-8-9-17-32(30)37-33/h4-22H,2-3H2,1H3. The maximum Gasteiger partial charge on any atom is 0.0361 e. The molecule has 6 aromatic carbocycles. The van der Waals surface area contributed by atoms with Gasteiger partial charge in [0, 0.05) is 20.2 Å². The molecule has 0 aliphatic carbocycles. The smallest absolute Gasteiger partial charge is 0.0361 e. The molecular formula is C36H26S. The third-order valence-electron chi connectivity index (χ3n) is 7.61. The molecule has 0 unspecified atom stereocenters. The zero-order valence-electron chi connectivity index (χ0n) is 20.8. The summed E-state index contributed by atoms with van der Waals surface area (Å²) in [4.78, 5) is 0. The lowest BCUT2D eigenvalue weighted by atomic mass is 9.84. The molecule has 0 saturated carbocycles. The zero-order valence-corrected chi connectivity index (χ0v) is 21.6. The number of rotatable bonds is 4. The van der Waals surface area contributed by atoms with Crippen LogP contribution in [0.1, 0.15) is 18.9 Å².